The van der Waals surface area contributed by atoms with Crippen LogP contribution in [-0.4, -0.2) is 48.9 Å². The van der Waals surface area contributed by atoms with Gasteiger partial charge in [0.2, 0.25) is 0 Å². The van der Waals surface area contributed by atoms with E-state index in [1.54, 1.807) is 25.4 Å². The second-order valence-electron chi connectivity index (χ2n) is 4.34. The van der Waals surface area contributed by atoms with E-state index in [1.807, 2.05) is 0 Å². The average Bonchev–Trinajstić information content (AvgIpc) is 2.70. The van der Waals surface area contributed by atoms with E-state index < -0.39 is 9.84 Å². The molecule has 98 valence electrons. The minimum absolute atomic E-state index is 0.0456. The molecule has 1 aromatic rings. The van der Waals surface area contributed by atoms with Crippen LogP contribution in [0.5, 0.6) is 0 Å². The van der Waals surface area contributed by atoms with Gasteiger partial charge in [-0.25, -0.2) is 13.2 Å². The summed E-state index contributed by atoms with van der Waals surface area (Å²) in [5.74, 6) is 0.201. The third-order valence-electron chi connectivity index (χ3n) is 2.99. The van der Waals surface area contributed by atoms with Gasteiger partial charge in [0.25, 0.3) is 0 Å². The fourth-order valence-electron chi connectivity index (χ4n) is 1.90. The first-order chi connectivity index (χ1) is 8.48. The molecule has 1 aliphatic rings. The van der Waals surface area contributed by atoms with Crippen LogP contribution in [0.15, 0.2) is 24.5 Å². The Balaban J connectivity index is 1.98. The van der Waals surface area contributed by atoms with Crippen molar-refractivity contribution in [3.63, 3.8) is 0 Å². The first-order valence-corrected chi connectivity index (χ1v) is 7.44. The largest absolute Gasteiger partial charge is 0.324 e. The predicted molar refractivity (Wildman–Crippen MR) is 68.1 cm³/mol. The van der Waals surface area contributed by atoms with Crippen LogP contribution in [0.2, 0.25) is 0 Å². The monoisotopic (exact) mass is 269 g/mol. The number of aromatic nitrogens is 1. The topological polar surface area (TPSA) is 79.4 Å². The van der Waals surface area contributed by atoms with Crippen LogP contribution in [0.4, 0.5) is 10.5 Å². The number of anilines is 1. The van der Waals surface area contributed by atoms with Crippen molar-refractivity contribution in [3.8, 4) is 0 Å². The molecule has 1 aliphatic heterocycles. The maximum absolute atomic E-state index is 11.9. The number of rotatable bonds is 2. The van der Waals surface area contributed by atoms with Gasteiger partial charge in [-0.05, 0) is 18.6 Å². The van der Waals surface area contributed by atoms with E-state index >= 15 is 0 Å². The van der Waals surface area contributed by atoms with Gasteiger partial charge in [0, 0.05) is 19.3 Å². The summed E-state index contributed by atoms with van der Waals surface area (Å²) >= 11 is 0. The number of nitrogens with zero attached hydrogens (tertiary/aromatic N) is 2. The van der Waals surface area contributed by atoms with Crippen LogP contribution in [0.1, 0.15) is 6.42 Å². The van der Waals surface area contributed by atoms with Gasteiger partial charge in [-0.2, -0.15) is 0 Å². The highest BCUT2D eigenvalue weighted by Crippen LogP contribution is 2.17. The molecular weight excluding hydrogens is 254 g/mol. The van der Waals surface area contributed by atoms with Crippen LogP contribution in [0.25, 0.3) is 0 Å². The second-order valence-corrected chi connectivity index (χ2v) is 6.57. The molecule has 0 saturated carbocycles. The molecule has 6 nitrogen and oxygen atoms in total. The van der Waals surface area contributed by atoms with Crippen LogP contribution in [0.3, 0.4) is 0 Å². The van der Waals surface area contributed by atoms with Crippen molar-refractivity contribution in [2.45, 2.75) is 12.5 Å². The van der Waals surface area contributed by atoms with E-state index in [1.165, 1.54) is 11.1 Å². The lowest BCUT2D eigenvalue weighted by Crippen LogP contribution is -2.40. The second kappa shape index (κ2) is 4.93. The van der Waals surface area contributed by atoms with Crippen molar-refractivity contribution in [1.82, 2.24) is 9.88 Å². The number of hydrogen-bond acceptors (Lipinski definition) is 4. The van der Waals surface area contributed by atoms with Gasteiger partial charge in [0.15, 0.2) is 9.84 Å². The van der Waals surface area contributed by atoms with Crippen molar-refractivity contribution < 1.29 is 13.2 Å². The summed E-state index contributed by atoms with van der Waals surface area (Å²) in [6, 6.07) is 2.89. The average molecular weight is 269 g/mol. The smallest absolute Gasteiger partial charge is 0.321 e. The first kappa shape index (κ1) is 12.8. The number of hydrogen-bond donors (Lipinski definition) is 1. The summed E-state index contributed by atoms with van der Waals surface area (Å²) in [5, 5.41) is 2.68. The highest BCUT2D eigenvalue weighted by molar-refractivity contribution is 7.91. The predicted octanol–water partition coefficient (Wildman–Crippen LogP) is 0.732. The Morgan fingerprint density at radius 1 is 1.56 bits per heavy atom. The van der Waals surface area contributed by atoms with E-state index in [0.29, 0.717) is 12.1 Å². The number of pyridine rings is 1. The van der Waals surface area contributed by atoms with Crippen LogP contribution >= 0.6 is 0 Å². The molecular formula is C11H15N3O3S. The highest BCUT2D eigenvalue weighted by atomic mass is 32.2. The molecule has 1 saturated heterocycles. The summed E-state index contributed by atoms with van der Waals surface area (Å²) in [6.45, 7) is 0. The summed E-state index contributed by atoms with van der Waals surface area (Å²) in [6.07, 6.45) is 3.65. The molecule has 18 heavy (non-hydrogen) atoms. The molecule has 1 fully saturated rings. The molecule has 1 N–H and O–H groups in total. The number of nitrogens with one attached hydrogen (secondary N) is 1. The van der Waals surface area contributed by atoms with Gasteiger partial charge in [-0.15, -0.1) is 0 Å². The van der Waals surface area contributed by atoms with Gasteiger partial charge >= 0.3 is 6.03 Å². The van der Waals surface area contributed by atoms with Gasteiger partial charge < -0.3 is 10.2 Å². The van der Waals surface area contributed by atoms with E-state index in [4.69, 9.17) is 0 Å². The van der Waals surface area contributed by atoms with Crippen molar-refractivity contribution in [2.75, 3.05) is 23.9 Å². The molecule has 0 aromatic carbocycles. The third-order valence-corrected chi connectivity index (χ3v) is 4.74. The van der Waals surface area contributed by atoms with E-state index in [9.17, 15) is 13.2 Å². The van der Waals surface area contributed by atoms with Crippen LogP contribution in [-0.2, 0) is 9.84 Å². The molecule has 0 radical (unpaired) electrons. The normalized spacial score (nSPS) is 21.5. The zero-order valence-corrected chi connectivity index (χ0v) is 10.9. The number of urea groups is 1. The number of carbonyl (C=O) groups excluding carboxylic acids is 1. The van der Waals surface area contributed by atoms with Crippen LogP contribution in [0, 0.1) is 0 Å². The van der Waals surface area contributed by atoms with E-state index in [0.717, 1.165) is 0 Å². The molecule has 0 bridgehead atoms. The first-order valence-electron chi connectivity index (χ1n) is 5.62. The van der Waals surface area contributed by atoms with Crippen molar-refractivity contribution in [2.24, 2.45) is 0 Å². The third kappa shape index (κ3) is 2.98. The molecule has 1 atom stereocenters. The fourth-order valence-corrected chi connectivity index (χ4v) is 3.67. The maximum Gasteiger partial charge on any atom is 0.321 e. The van der Waals surface area contributed by atoms with Gasteiger partial charge in [0.05, 0.1) is 23.4 Å². The minimum atomic E-state index is -2.98. The molecule has 2 heterocycles. The molecule has 2 rings (SSSR count). The lowest BCUT2D eigenvalue weighted by atomic mass is 10.2. The number of sulfone groups is 1. The molecule has 0 aliphatic carbocycles. The Morgan fingerprint density at radius 3 is 2.89 bits per heavy atom. The van der Waals surface area contributed by atoms with Crippen LogP contribution < -0.4 is 5.32 Å². The summed E-state index contributed by atoms with van der Waals surface area (Å²) < 4.78 is 22.7. The maximum atomic E-state index is 11.9. The Bertz CT molecular complexity index is 530. The summed E-state index contributed by atoms with van der Waals surface area (Å²) in [5.41, 5.74) is 0.593. The van der Waals surface area contributed by atoms with Crippen molar-refractivity contribution in [1.29, 1.82) is 0 Å². The molecule has 1 aromatic heterocycles. The van der Waals surface area contributed by atoms with E-state index in [-0.39, 0.29) is 23.6 Å². The lowest BCUT2D eigenvalue weighted by molar-refractivity contribution is 0.209. The Labute approximate surface area is 106 Å². The minimum Gasteiger partial charge on any atom is -0.324 e. The van der Waals surface area contributed by atoms with E-state index in [2.05, 4.69) is 10.3 Å². The quantitative estimate of drug-likeness (QED) is 0.858. The van der Waals surface area contributed by atoms with Gasteiger partial charge in [-0.1, -0.05) is 0 Å². The number of amides is 2. The molecule has 1 unspecified atom stereocenters. The van der Waals surface area contributed by atoms with Gasteiger partial charge in [-0.3, -0.25) is 4.98 Å². The van der Waals surface area contributed by atoms with Crippen molar-refractivity contribution >= 4 is 21.6 Å². The lowest BCUT2D eigenvalue weighted by Gasteiger charge is -2.23. The Hall–Kier alpha value is -1.63. The molecule has 2 amide bonds. The molecule has 0 spiro atoms. The summed E-state index contributed by atoms with van der Waals surface area (Å²) in [4.78, 5) is 17.2. The Kier molecular flexibility index (Phi) is 3.51. The zero-order valence-electron chi connectivity index (χ0n) is 10.0. The van der Waals surface area contributed by atoms with Crippen molar-refractivity contribution in [3.05, 3.63) is 24.5 Å². The SMILES string of the molecule is CN(C(=O)Nc1cccnc1)C1CCS(=O)(=O)C1. The standard InChI is InChI=1S/C11H15N3O3S/c1-14(10-4-6-18(16,17)8-10)11(15)13-9-3-2-5-12-7-9/h2-3,5,7,10H,4,6,8H2,1H3,(H,13,15). The Morgan fingerprint density at radius 2 is 2.33 bits per heavy atom. The van der Waals surface area contributed by atoms with Gasteiger partial charge in [0.1, 0.15) is 0 Å². The molecule has 7 heteroatoms. The summed E-state index contributed by atoms with van der Waals surface area (Å²) in [7, 11) is -1.37. The highest BCUT2D eigenvalue weighted by Gasteiger charge is 2.32. The number of carbonyl (C=O) groups is 1. The zero-order chi connectivity index (χ0) is 13.2. The fraction of sp³-hybridized carbons (Fsp3) is 0.455.